The van der Waals surface area contributed by atoms with Crippen molar-refractivity contribution in [1.82, 2.24) is 15.3 Å². The van der Waals surface area contributed by atoms with E-state index in [9.17, 15) is 37.2 Å². The molecule has 1 N–H and O–H groups in total. The van der Waals surface area contributed by atoms with Gasteiger partial charge in [-0.05, 0) is 61.1 Å². The Hall–Kier alpha value is -4.86. The largest absolute Gasteiger partial charge is 0.351 e. The lowest BCUT2D eigenvalue weighted by molar-refractivity contribution is -0.137. The molecule has 9 nitrogen and oxygen atoms in total. The number of nitrogens with one attached hydrogen (secondary N) is 1. The normalized spacial score (nSPS) is 22.2. The molecule has 1 aromatic heterocycles. The van der Waals surface area contributed by atoms with Crippen LogP contribution in [0.5, 0.6) is 0 Å². The molecule has 226 valence electrons. The number of amides is 3. The molecule has 3 aromatic rings. The Morgan fingerprint density at radius 3 is 2.52 bits per heavy atom. The van der Waals surface area contributed by atoms with Crippen LogP contribution in [0.2, 0.25) is 0 Å². The Labute approximate surface area is 249 Å². The first-order valence-corrected chi connectivity index (χ1v) is 14.1. The summed E-state index contributed by atoms with van der Waals surface area (Å²) in [6.07, 6.45) is 0.215. The highest BCUT2D eigenvalue weighted by atomic mass is 19.3. The van der Waals surface area contributed by atoms with E-state index in [-0.39, 0.29) is 36.6 Å². The summed E-state index contributed by atoms with van der Waals surface area (Å²) in [5, 5.41) is 12.0. The van der Waals surface area contributed by atoms with Crippen molar-refractivity contribution in [2.45, 2.75) is 69.0 Å². The van der Waals surface area contributed by atoms with Gasteiger partial charge in [0, 0.05) is 37.6 Å². The second-order valence-electron chi connectivity index (χ2n) is 11.4. The summed E-state index contributed by atoms with van der Waals surface area (Å²) in [4.78, 5) is 52.5. The first-order chi connectivity index (χ1) is 20.9. The van der Waals surface area contributed by atoms with E-state index in [0.717, 1.165) is 21.9 Å². The summed E-state index contributed by atoms with van der Waals surface area (Å²) in [6.45, 7) is 1.73. The van der Waals surface area contributed by atoms with E-state index in [0.29, 0.717) is 29.2 Å². The summed E-state index contributed by atoms with van der Waals surface area (Å²) in [5.41, 5.74) is -0.524. The van der Waals surface area contributed by atoms with E-state index in [1.807, 2.05) is 6.07 Å². The van der Waals surface area contributed by atoms with Gasteiger partial charge in [-0.25, -0.2) is 27.5 Å². The summed E-state index contributed by atoms with van der Waals surface area (Å²) in [5.74, 6) is -7.34. The number of benzene rings is 2. The third-order valence-electron chi connectivity index (χ3n) is 8.51. The summed E-state index contributed by atoms with van der Waals surface area (Å²) in [6, 6.07) is 8.72. The number of fused-ring (bicyclic) bond motifs is 1. The number of rotatable bonds is 6. The van der Waals surface area contributed by atoms with Gasteiger partial charge in [-0.3, -0.25) is 24.2 Å². The topological polar surface area (TPSA) is 119 Å². The highest BCUT2D eigenvalue weighted by molar-refractivity contribution is 6.12. The molecule has 3 amide bonds. The fraction of sp³-hybridized carbons (Fsp3) is 0.355. The van der Waals surface area contributed by atoms with Crippen LogP contribution in [0.1, 0.15) is 54.5 Å². The maximum absolute atomic E-state index is 14.8. The number of carbonyl (C=O) groups is 3. The average Bonchev–Trinajstić information content (AvgIpc) is 3.54. The summed E-state index contributed by atoms with van der Waals surface area (Å²) in [7, 11) is 0. The van der Waals surface area contributed by atoms with Gasteiger partial charge in [0.15, 0.2) is 5.54 Å². The fourth-order valence-electron chi connectivity index (χ4n) is 6.64. The number of hydrogen-bond acceptors (Lipinski definition) is 6. The van der Waals surface area contributed by atoms with Gasteiger partial charge >= 0.3 is 0 Å². The van der Waals surface area contributed by atoms with E-state index >= 15 is 0 Å². The Morgan fingerprint density at radius 2 is 1.84 bits per heavy atom. The molecule has 3 aliphatic rings. The molecule has 44 heavy (non-hydrogen) atoms. The maximum Gasteiger partial charge on any atom is 0.252 e. The Balaban J connectivity index is 1.53. The molecule has 2 fully saturated rings. The van der Waals surface area contributed by atoms with Crippen LogP contribution in [0.25, 0.3) is 0 Å². The Kier molecular flexibility index (Phi) is 7.10. The van der Waals surface area contributed by atoms with Gasteiger partial charge in [-0.1, -0.05) is 18.2 Å². The van der Waals surface area contributed by atoms with Crippen molar-refractivity contribution < 1.29 is 31.9 Å². The number of aromatic nitrogens is 2. The number of halogens is 4. The van der Waals surface area contributed by atoms with Gasteiger partial charge in [0.25, 0.3) is 17.7 Å². The molecule has 6 rings (SSSR count). The van der Waals surface area contributed by atoms with Crippen molar-refractivity contribution in [2.24, 2.45) is 0 Å². The monoisotopic (exact) mass is 606 g/mol. The molecule has 2 aliphatic carbocycles. The van der Waals surface area contributed by atoms with Crippen molar-refractivity contribution in [3.63, 3.8) is 0 Å². The molecular formula is C31H26F4N6O3. The molecule has 13 heteroatoms. The minimum atomic E-state index is -2.95. The van der Waals surface area contributed by atoms with Crippen LogP contribution >= 0.6 is 0 Å². The molecule has 0 spiro atoms. The number of alkyl halides is 2. The standard InChI is InChI=1S/C31H26F4N6O3/c1-17-3-2-4-18-7-9-31(26(17)18,28(44)38-22-14-30(34,35)15-22)41(23-12-19(32)11-20(33)13-23)27(43)24-5-6-25(42)40(24)29-37-10-8-21(16-36)39-29/h2-4,8,10-13,22,24H,5-7,9,14-15H2,1H3,(H,38,44)/t24-,31+/m0/s1. The van der Waals surface area contributed by atoms with Crippen LogP contribution in [-0.2, 0) is 26.3 Å². The smallest absolute Gasteiger partial charge is 0.252 e. The first kappa shape index (κ1) is 29.2. The lowest BCUT2D eigenvalue weighted by Crippen LogP contribution is -2.64. The zero-order chi connectivity index (χ0) is 31.4. The predicted molar refractivity (Wildman–Crippen MR) is 148 cm³/mol. The first-order valence-electron chi connectivity index (χ1n) is 14.1. The van der Waals surface area contributed by atoms with E-state index < -0.39 is 65.7 Å². The van der Waals surface area contributed by atoms with E-state index in [1.165, 1.54) is 12.3 Å². The Morgan fingerprint density at radius 1 is 1.11 bits per heavy atom. The van der Waals surface area contributed by atoms with Crippen LogP contribution in [0.3, 0.4) is 0 Å². The van der Waals surface area contributed by atoms with Crippen molar-refractivity contribution in [2.75, 3.05) is 9.80 Å². The molecule has 1 saturated heterocycles. The lowest BCUT2D eigenvalue weighted by atomic mass is 9.82. The molecule has 0 radical (unpaired) electrons. The van der Waals surface area contributed by atoms with Gasteiger partial charge in [0.2, 0.25) is 11.9 Å². The number of nitriles is 1. The van der Waals surface area contributed by atoms with Crippen molar-refractivity contribution in [3.05, 3.63) is 82.7 Å². The Bertz CT molecular complexity index is 1720. The molecular weight excluding hydrogens is 580 g/mol. The van der Waals surface area contributed by atoms with Crippen LogP contribution in [-0.4, -0.2) is 45.7 Å². The summed E-state index contributed by atoms with van der Waals surface area (Å²) >= 11 is 0. The molecule has 0 bridgehead atoms. The number of aryl methyl sites for hydroxylation is 2. The van der Waals surface area contributed by atoms with Gasteiger partial charge in [0.1, 0.15) is 29.4 Å². The zero-order valence-electron chi connectivity index (χ0n) is 23.5. The number of nitrogens with zero attached hydrogens (tertiary/aromatic N) is 5. The predicted octanol–water partition coefficient (Wildman–Crippen LogP) is 4.22. The third-order valence-corrected chi connectivity index (χ3v) is 8.51. The van der Waals surface area contributed by atoms with E-state index in [2.05, 4.69) is 15.3 Å². The molecule has 0 unspecified atom stereocenters. The highest BCUT2D eigenvalue weighted by Gasteiger charge is 2.57. The zero-order valence-corrected chi connectivity index (χ0v) is 23.5. The van der Waals surface area contributed by atoms with Crippen LogP contribution < -0.4 is 15.1 Å². The molecule has 1 aliphatic heterocycles. The van der Waals surface area contributed by atoms with Gasteiger partial charge in [-0.15, -0.1) is 0 Å². The van der Waals surface area contributed by atoms with Gasteiger partial charge < -0.3 is 5.32 Å². The minimum absolute atomic E-state index is 0.0207. The number of anilines is 2. The second kappa shape index (κ2) is 10.7. The van der Waals surface area contributed by atoms with Gasteiger partial charge in [0.05, 0.1) is 5.69 Å². The molecule has 2 aromatic carbocycles. The quantitative estimate of drug-likeness (QED) is 0.420. The van der Waals surface area contributed by atoms with Crippen LogP contribution in [0, 0.1) is 29.9 Å². The highest BCUT2D eigenvalue weighted by Crippen LogP contribution is 2.48. The van der Waals surface area contributed by atoms with Crippen molar-refractivity contribution in [3.8, 4) is 6.07 Å². The molecule has 1 saturated carbocycles. The van der Waals surface area contributed by atoms with Crippen molar-refractivity contribution >= 4 is 29.4 Å². The molecule has 2 heterocycles. The summed E-state index contributed by atoms with van der Waals surface area (Å²) < 4.78 is 57.1. The minimum Gasteiger partial charge on any atom is -0.351 e. The van der Waals surface area contributed by atoms with E-state index in [1.54, 1.807) is 25.1 Å². The lowest BCUT2D eigenvalue weighted by Gasteiger charge is -2.45. The second-order valence-corrected chi connectivity index (χ2v) is 11.4. The maximum atomic E-state index is 14.8. The van der Waals surface area contributed by atoms with Gasteiger partial charge in [-0.2, -0.15) is 5.26 Å². The van der Waals surface area contributed by atoms with E-state index in [4.69, 9.17) is 0 Å². The third kappa shape index (κ3) is 4.84. The van der Waals surface area contributed by atoms with Crippen LogP contribution in [0.15, 0.2) is 48.7 Å². The molecule has 2 atom stereocenters. The average molecular weight is 607 g/mol. The fourth-order valence-corrected chi connectivity index (χ4v) is 6.64. The number of hydrogen-bond donors (Lipinski definition) is 1. The number of carbonyl (C=O) groups excluding carboxylic acids is 3. The SMILES string of the molecule is Cc1cccc2c1[C@](C(=O)NC1CC(F)(F)C1)(N(C(=O)[C@@H]1CCC(=O)N1c1nccc(C#N)n1)c1cc(F)cc(F)c1)CC2. The van der Waals surface area contributed by atoms with Crippen molar-refractivity contribution in [1.29, 1.82) is 5.26 Å². The van der Waals surface area contributed by atoms with Crippen LogP contribution in [0.4, 0.5) is 29.2 Å².